The molecule has 2 fully saturated rings. The summed E-state index contributed by atoms with van der Waals surface area (Å²) in [5, 5.41) is 17.2. The van der Waals surface area contributed by atoms with E-state index in [1.54, 1.807) is 46.0 Å². The first-order valence-electron chi connectivity index (χ1n) is 23.2. The Morgan fingerprint density at radius 3 is 2.24 bits per heavy atom. The van der Waals surface area contributed by atoms with Crippen molar-refractivity contribution in [3.63, 3.8) is 0 Å². The molecule has 0 radical (unpaired) electrons. The molecular weight excluding hydrogens is 880 g/mol. The molecule has 0 bridgehead atoms. The number of aromatic nitrogens is 4. The van der Waals surface area contributed by atoms with Crippen LogP contribution < -0.4 is 26.3 Å². The number of fused-ring (bicyclic) bond motifs is 1. The van der Waals surface area contributed by atoms with Crippen LogP contribution in [0, 0.1) is 17.7 Å². The van der Waals surface area contributed by atoms with Crippen molar-refractivity contribution in [2.75, 3.05) is 42.9 Å². The number of pyridine rings is 1. The van der Waals surface area contributed by atoms with Crippen molar-refractivity contribution in [1.82, 2.24) is 40.0 Å². The SMILES string of the molecule is CCn1cc(C=O)c(=O)c2cc(F)c(N3CCN(C(=O)OCc4ccc(NC(=O)Cn5cc(C(NC(=O)[C@@H](CC(C)C)NC(=O)CCCCCN6C(=O)CCC6=O)C(C)C)nn5)cc4)CC3)cc21. The fraction of sp³-hybridized carbons (Fsp3) is 0.500. The number of amides is 6. The van der Waals surface area contributed by atoms with Gasteiger partial charge in [-0.1, -0.05) is 51.5 Å². The van der Waals surface area contributed by atoms with Crippen molar-refractivity contribution in [3.8, 4) is 0 Å². The molecule has 6 amide bonds. The third kappa shape index (κ3) is 12.9. The normalized spacial score (nSPS) is 15.0. The van der Waals surface area contributed by atoms with Crippen LogP contribution in [-0.4, -0.2) is 110 Å². The number of carbonyl (C=O) groups excluding carboxylic acids is 7. The first-order chi connectivity index (χ1) is 32.5. The molecule has 2 aliphatic rings. The van der Waals surface area contributed by atoms with E-state index in [-0.39, 0.29) is 97.8 Å². The molecule has 68 heavy (non-hydrogen) atoms. The number of anilines is 2. The molecule has 20 heteroatoms. The van der Waals surface area contributed by atoms with E-state index in [0.29, 0.717) is 86.3 Å². The fourth-order valence-corrected chi connectivity index (χ4v) is 8.35. The van der Waals surface area contributed by atoms with Crippen molar-refractivity contribution >= 4 is 64.2 Å². The first-order valence-corrected chi connectivity index (χ1v) is 23.2. The lowest BCUT2D eigenvalue weighted by molar-refractivity contribution is -0.138. The highest BCUT2D eigenvalue weighted by atomic mass is 19.1. The standard InChI is InChI=1S/C48H61FN10O9/c1-6-55-25-33(28-60)46(65)35-23-36(49)40(24-39(35)55)56-18-20-57(21-19-56)48(67)68-29-32-11-13-34(14-12-32)50-42(62)27-58-26-38(53-54-58)45(31(4)5)52-47(66)37(22-30(2)3)51-41(61)10-8-7-9-17-59-43(63)15-16-44(59)64/h11-14,23-26,28,30-31,37,45H,6-10,15-22,27,29H2,1-5H3,(H,50,62)(H,51,61)(H,52,66)/t37-,45?/m1/s1. The number of unbranched alkanes of at least 4 members (excludes halogenated alkanes) is 2. The van der Waals surface area contributed by atoms with Gasteiger partial charge in [0.05, 0.1) is 29.0 Å². The van der Waals surface area contributed by atoms with E-state index >= 15 is 4.39 Å². The highest BCUT2D eigenvalue weighted by Crippen LogP contribution is 2.27. The van der Waals surface area contributed by atoms with Gasteiger partial charge in [0.25, 0.3) is 0 Å². The predicted molar refractivity (Wildman–Crippen MR) is 250 cm³/mol. The number of benzene rings is 2. The average molecular weight is 941 g/mol. The van der Waals surface area contributed by atoms with Crippen LogP contribution in [0.5, 0.6) is 0 Å². The molecule has 364 valence electrons. The number of nitrogens with zero attached hydrogens (tertiary/aromatic N) is 7. The number of ether oxygens (including phenoxy) is 1. The van der Waals surface area contributed by atoms with Crippen molar-refractivity contribution in [2.24, 2.45) is 11.8 Å². The molecule has 19 nitrogen and oxygen atoms in total. The number of rotatable bonds is 21. The van der Waals surface area contributed by atoms with Gasteiger partial charge in [-0.2, -0.15) is 0 Å². The predicted octanol–water partition coefficient (Wildman–Crippen LogP) is 4.72. The minimum atomic E-state index is -0.785. The van der Waals surface area contributed by atoms with E-state index in [4.69, 9.17) is 4.74 Å². The van der Waals surface area contributed by atoms with Crippen molar-refractivity contribution in [3.05, 3.63) is 81.7 Å². The Morgan fingerprint density at radius 1 is 0.882 bits per heavy atom. The number of hydrogen-bond donors (Lipinski definition) is 3. The molecule has 6 rings (SSSR count). The number of piperazine rings is 1. The van der Waals surface area contributed by atoms with Crippen LogP contribution in [-0.2, 0) is 48.4 Å². The van der Waals surface area contributed by atoms with E-state index in [0.717, 1.165) is 0 Å². The Kier molecular flexibility index (Phi) is 17.2. The lowest BCUT2D eigenvalue weighted by Gasteiger charge is -2.35. The molecule has 2 aromatic heterocycles. The van der Waals surface area contributed by atoms with E-state index in [1.165, 1.54) is 21.8 Å². The third-order valence-electron chi connectivity index (χ3n) is 12.1. The Labute approximate surface area is 393 Å². The fourth-order valence-electron chi connectivity index (χ4n) is 8.35. The van der Waals surface area contributed by atoms with Crippen LogP contribution >= 0.6 is 0 Å². The Morgan fingerprint density at radius 2 is 1.59 bits per heavy atom. The molecule has 1 unspecified atom stereocenters. The van der Waals surface area contributed by atoms with Gasteiger partial charge < -0.3 is 35.1 Å². The molecule has 4 aromatic rings. The number of carbonyl (C=O) groups is 7. The second-order valence-corrected chi connectivity index (χ2v) is 18.0. The number of hydrogen-bond acceptors (Lipinski definition) is 12. The van der Waals surface area contributed by atoms with Gasteiger partial charge in [0, 0.05) is 75.8 Å². The second-order valence-electron chi connectivity index (χ2n) is 18.0. The monoisotopic (exact) mass is 940 g/mol. The third-order valence-corrected chi connectivity index (χ3v) is 12.1. The van der Waals surface area contributed by atoms with E-state index in [1.807, 2.05) is 39.5 Å². The summed E-state index contributed by atoms with van der Waals surface area (Å²) in [6.07, 6.45) is 5.95. The lowest BCUT2D eigenvalue weighted by atomic mass is 9.98. The minimum Gasteiger partial charge on any atom is -0.445 e. The molecule has 4 heterocycles. The molecule has 2 aliphatic heterocycles. The van der Waals surface area contributed by atoms with Gasteiger partial charge in [0.1, 0.15) is 30.7 Å². The number of imide groups is 1. The van der Waals surface area contributed by atoms with Crippen LogP contribution in [0.2, 0.25) is 0 Å². The Balaban J connectivity index is 0.935. The van der Waals surface area contributed by atoms with Crippen LogP contribution in [0.25, 0.3) is 10.9 Å². The summed E-state index contributed by atoms with van der Waals surface area (Å²) < 4.78 is 24.0. The average Bonchev–Trinajstić information content (AvgIpc) is 3.91. The summed E-state index contributed by atoms with van der Waals surface area (Å²) >= 11 is 0. The van der Waals surface area contributed by atoms with Gasteiger partial charge in [-0.15, -0.1) is 5.10 Å². The van der Waals surface area contributed by atoms with E-state index in [2.05, 4.69) is 26.3 Å². The summed E-state index contributed by atoms with van der Waals surface area (Å²) in [6, 6.07) is 8.24. The van der Waals surface area contributed by atoms with Gasteiger partial charge >= 0.3 is 6.09 Å². The molecule has 0 aliphatic carbocycles. The summed E-state index contributed by atoms with van der Waals surface area (Å²) in [6.45, 7) is 11.5. The van der Waals surface area contributed by atoms with Crippen LogP contribution in [0.4, 0.5) is 20.6 Å². The second kappa shape index (κ2) is 23.1. The molecule has 3 N–H and O–H groups in total. The van der Waals surface area contributed by atoms with Crippen LogP contribution in [0.1, 0.15) is 107 Å². The van der Waals surface area contributed by atoms with Crippen molar-refractivity contribution in [1.29, 1.82) is 0 Å². The largest absolute Gasteiger partial charge is 0.445 e. The molecule has 0 spiro atoms. The topological polar surface area (TPSA) is 227 Å². The quantitative estimate of drug-likeness (QED) is 0.0587. The highest BCUT2D eigenvalue weighted by molar-refractivity contribution is 6.02. The van der Waals surface area contributed by atoms with Gasteiger partial charge in [-0.05, 0) is 67.9 Å². The zero-order valence-corrected chi connectivity index (χ0v) is 39.3. The maximum Gasteiger partial charge on any atom is 0.410 e. The smallest absolute Gasteiger partial charge is 0.410 e. The maximum atomic E-state index is 15.3. The minimum absolute atomic E-state index is 0.0154. The summed E-state index contributed by atoms with van der Waals surface area (Å²) in [4.78, 5) is 105. The van der Waals surface area contributed by atoms with Gasteiger partial charge in [-0.25, -0.2) is 13.9 Å². The zero-order chi connectivity index (χ0) is 49.1. The van der Waals surface area contributed by atoms with Gasteiger partial charge in [0.2, 0.25) is 29.5 Å². The number of aryl methyl sites for hydroxylation is 1. The number of likely N-dealkylation sites (tertiary alicyclic amines) is 1. The number of nitrogens with one attached hydrogen (secondary N) is 3. The lowest BCUT2D eigenvalue weighted by Crippen LogP contribution is -2.49. The Bertz CT molecular complexity index is 2530. The number of halogens is 1. The zero-order valence-electron chi connectivity index (χ0n) is 39.3. The van der Waals surface area contributed by atoms with Crippen molar-refractivity contribution in [2.45, 2.75) is 111 Å². The summed E-state index contributed by atoms with van der Waals surface area (Å²) in [5.74, 6) is -1.90. The van der Waals surface area contributed by atoms with Crippen LogP contribution in [0.3, 0.4) is 0 Å². The van der Waals surface area contributed by atoms with Gasteiger partial charge in [0.15, 0.2) is 11.7 Å². The highest BCUT2D eigenvalue weighted by Gasteiger charge is 2.30. The summed E-state index contributed by atoms with van der Waals surface area (Å²) in [5.41, 5.74) is 1.90. The van der Waals surface area contributed by atoms with Crippen LogP contribution in [0.15, 0.2) is 53.6 Å². The molecule has 2 aromatic carbocycles. The number of aldehydes is 1. The molecule has 2 saturated heterocycles. The molecular formula is C48H61FN10O9. The van der Waals surface area contributed by atoms with Crippen molar-refractivity contribution < 1.29 is 42.7 Å². The first kappa shape index (κ1) is 50.4. The summed E-state index contributed by atoms with van der Waals surface area (Å²) in [7, 11) is 0. The van der Waals surface area contributed by atoms with E-state index in [9.17, 15) is 38.4 Å². The maximum absolute atomic E-state index is 15.3. The van der Waals surface area contributed by atoms with Gasteiger partial charge in [-0.3, -0.25) is 38.5 Å². The molecule has 0 saturated carbocycles. The Hall–Kier alpha value is -6.99. The van der Waals surface area contributed by atoms with E-state index < -0.39 is 29.4 Å². The molecule has 2 atom stereocenters.